The zero-order valence-electron chi connectivity index (χ0n) is 20.7. The van der Waals surface area contributed by atoms with Crippen molar-refractivity contribution in [2.75, 3.05) is 18.4 Å². The van der Waals surface area contributed by atoms with Gasteiger partial charge >= 0.3 is 0 Å². The van der Waals surface area contributed by atoms with Gasteiger partial charge in [-0.05, 0) is 67.8 Å². The van der Waals surface area contributed by atoms with Gasteiger partial charge in [0.05, 0.1) is 12.5 Å². The summed E-state index contributed by atoms with van der Waals surface area (Å²) in [5.41, 5.74) is 4.01. The van der Waals surface area contributed by atoms with Crippen LogP contribution in [-0.2, 0) is 17.1 Å². The summed E-state index contributed by atoms with van der Waals surface area (Å²) in [6.07, 6.45) is 1.81. The highest BCUT2D eigenvalue weighted by Gasteiger charge is 2.27. The Balaban J connectivity index is 1.15. The molecule has 1 aliphatic heterocycles. The van der Waals surface area contributed by atoms with Crippen molar-refractivity contribution in [1.29, 1.82) is 0 Å². The molecule has 1 unspecified atom stereocenters. The Bertz CT molecular complexity index is 1360. The summed E-state index contributed by atoms with van der Waals surface area (Å²) in [5, 5.41) is 7.89. The second-order valence-corrected chi connectivity index (χ2v) is 10.8. The Kier molecular flexibility index (Phi) is 8.24. The molecule has 4 aromatic rings. The first-order chi connectivity index (χ1) is 18.0. The summed E-state index contributed by atoms with van der Waals surface area (Å²) in [6, 6.07) is 24.0. The molecule has 1 N–H and O–H groups in total. The number of hydrogen-bond acceptors (Lipinski definition) is 6. The molecule has 6 nitrogen and oxygen atoms in total. The monoisotopic (exact) mass is 532 g/mol. The zero-order chi connectivity index (χ0) is 25.6. The number of carbonyl (C=O) groups excluding carboxylic acids is 1. The number of carbonyl (C=O) groups is 1. The lowest BCUT2D eigenvalue weighted by Gasteiger charge is -2.31. The molecule has 1 aromatic heterocycles. The second kappa shape index (κ2) is 11.9. The van der Waals surface area contributed by atoms with Crippen LogP contribution in [0.1, 0.15) is 29.9 Å². The molecule has 0 radical (unpaired) electrons. The number of likely N-dealkylation sites (tertiary alicyclic amines) is 1. The molecule has 0 saturated carbocycles. The maximum Gasteiger partial charge on any atom is 0.241 e. The lowest BCUT2D eigenvalue weighted by atomic mass is 9.96. The quantitative estimate of drug-likeness (QED) is 0.250. The number of nitrogens with one attached hydrogen (secondary N) is 1. The largest absolute Gasteiger partial charge is 0.338 e. The van der Waals surface area contributed by atoms with Crippen LogP contribution in [-0.4, -0.2) is 34.0 Å². The van der Waals surface area contributed by atoms with Gasteiger partial charge in [-0.2, -0.15) is 4.98 Å². The summed E-state index contributed by atoms with van der Waals surface area (Å²) in [4.78, 5) is 21.1. The van der Waals surface area contributed by atoms with E-state index < -0.39 is 0 Å². The van der Waals surface area contributed by atoms with E-state index in [9.17, 15) is 4.79 Å². The number of benzene rings is 3. The highest BCUT2D eigenvalue weighted by atomic mass is 35.5. The fourth-order valence-electron chi connectivity index (χ4n) is 4.54. The number of nitrogens with zero attached hydrogens (tertiary/aromatic N) is 3. The number of amides is 1. The Morgan fingerprint density at radius 1 is 1.14 bits per heavy atom. The molecule has 1 atom stereocenters. The molecule has 8 heteroatoms. The van der Waals surface area contributed by atoms with E-state index in [4.69, 9.17) is 16.1 Å². The summed E-state index contributed by atoms with van der Waals surface area (Å²) < 4.78 is 5.48. The van der Waals surface area contributed by atoms with Crippen molar-refractivity contribution in [2.24, 2.45) is 5.92 Å². The molecular formula is C29H29ClN4O2S. The van der Waals surface area contributed by atoms with Crippen molar-refractivity contribution in [1.82, 2.24) is 15.0 Å². The maximum absolute atomic E-state index is 13.1. The molecule has 1 fully saturated rings. The predicted molar refractivity (Wildman–Crippen MR) is 149 cm³/mol. The number of anilines is 1. The van der Waals surface area contributed by atoms with E-state index in [1.807, 2.05) is 55.1 Å². The SMILES string of the molecule is Cc1cc(CSc2ccccc2)ccc1NC(=O)C1CCCN(Cc2nc(-c3cccc(Cl)c3)no2)C1. The van der Waals surface area contributed by atoms with Crippen molar-refractivity contribution >= 4 is 35.0 Å². The molecule has 1 aliphatic rings. The van der Waals surface area contributed by atoms with Gasteiger partial charge in [-0.25, -0.2) is 0 Å². The van der Waals surface area contributed by atoms with E-state index in [0.717, 1.165) is 42.0 Å². The van der Waals surface area contributed by atoms with Crippen molar-refractivity contribution in [2.45, 2.75) is 37.0 Å². The average Bonchev–Trinajstić information content (AvgIpc) is 3.38. The fourth-order valence-corrected chi connectivity index (χ4v) is 5.60. The van der Waals surface area contributed by atoms with E-state index in [0.29, 0.717) is 29.8 Å². The van der Waals surface area contributed by atoms with E-state index >= 15 is 0 Å². The molecule has 0 bridgehead atoms. The van der Waals surface area contributed by atoms with Crippen molar-refractivity contribution in [3.05, 3.63) is 94.8 Å². The van der Waals surface area contributed by atoms with Crippen molar-refractivity contribution in [3.8, 4) is 11.4 Å². The summed E-state index contributed by atoms with van der Waals surface area (Å²) in [5.74, 6) is 1.92. The molecular weight excluding hydrogens is 504 g/mol. The van der Waals surface area contributed by atoms with Gasteiger partial charge in [-0.15, -0.1) is 11.8 Å². The maximum atomic E-state index is 13.1. The number of halogens is 1. The van der Waals surface area contributed by atoms with Gasteiger partial charge in [-0.1, -0.05) is 59.2 Å². The number of rotatable bonds is 8. The van der Waals surface area contributed by atoms with Gasteiger partial charge in [0.25, 0.3) is 0 Å². The molecule has 0 spiro atoms. The molecule has 1 saturated heterocycles. The fraction of sp³-hybridized carbons (Fsp3) is 0.276. The van der Waals surface area contributed by atoms with Crippen molar-refractivity contribution < 1.29 is 9.32 Å². The van der Waals surface area contributed by atoms with Crippen LogP contribution in [0.4, 0.5) is 5.69 Å². The van der Waals surface area contributed by atoms with Gasteiger partial charge in [0.15, 0.2) is 0 Å². The van der Waals surface area contributed by atoms with Crippen LogP contribution < -0.4 is 5.32 Å². The van der Waals surface area contributed by atoms with Gasteiger partial charge in [0.1, 0.15) is 0 Å². The third kappa shape index (κ3) is 6.80. The standard InChI is InChI=1S/C29H29ClN4O2S/c1-20-15-21(19-37-25-10-3-2-4-11-25)12-13-26(20)31-29(35)23-8-6-14-34(17-23)18-27-32-28(33-36-27)22-7-5-9-24(30)16-22/h2-5,7,9-13,15-16,23H,6,8,14,17-19H2,1H3,(H,31,35). The Hall–Kier alpha value is -3.13. The minimum absolute atomic E-state index is 0.0596. The molecule has 1 amide bonds. The molecule has 2 heterocycles. The van der Waals surface area contributed by atoms with Crippen LogP contribution in [0.2, 0.25) is 5.02 Å². The number of hydrogen-bond donors (Lipinski definition) is 1. The van der Waals surface area contributed by atoms with Gasteiger partial charge in [0, 0.05) is 33.5 Å². The number of piperidine rings is 1. The van der Waals surface area contributed by atoms with E-state index in [1.54, 1.807) is 0 Å². The molecule has 5 rings (SSSR count). The molecule has 0 aliphatic carbocycles. The van der Waals surface area contributed by atoms with Crippen LogP contribution in [0, 0.1) is 12.8 Å². The summed E-state index contributed by atoms with van der Waals surface area (Å²) in [7, 11) is 0. The first kappa shape index (κ1) is 25.5. The van der Waals surface area contributed by atoms with Crippen LogP contribution in [0.25, 0.3) is 11.4 Å². The van der Waals surface area contributed by atoms with Gasteiger partial charge < -0.3 is 9.84 Å². The Labute approximate surface area is 226 Å². The third-order valence-electron chi connectivity index (χ3n) is 6.48. The molecule has 3 aromatic carbocycles. The smallest absolute Gasteiger partial charge is 0.241 e. The van der Waals surface area contributed by atoms with E-state index in [-0.39, 0.29) is 11.8 Å². The normalized spacial score (nSPS) is 16.0. The molecule has 190 valence electrons. The van der Waals surface area contributed by atoms with Gasteiger partial charge in [-0.3, -0.25) is 9.69 Å². The Morgan fingerprint density at radius 3 is 2.81 bits per heavy atom. The van der Waals surface area contributed by atoms with Crippen LogP contribution >= 0.6 is 23.4 Å². The summed E-state index contributed by atoms with van der Waals surface area (Å²) >= 11 is 7.89. The predicted octanol–water partition coefficient (Wildman–Crippen LogP) is 6.84. The highest BCUT2D eigenvalue weighted by molar-refractivity contribution is 7.98. The minimum atomic E-state index is -0.0863. The highest BCUT2D eigenvalue weighted by Crippen LogP contribution is 2.27. The van der Waals surface area contributed by atoms with E-state index in [1.165, 1.54) is 10.5 Å². The summed E-state index contributed by atoms with van der Waals surface area (Å²) in [6.45, 7) is 4.12. The first-order valence-corrected chi connectivity index (χ1v) is 13.8. The number of aryl methyl sites for hydroxylation is 1. The van der Waals surface area contributed by atoms with Crippen LogP contribution in [0.5, 0.6) is 0 Å². The van der Waals surface area contributed by atoms with Crippen LogP contribution in [0.3, 0.4) is 0 Å². The number of thioether (sulfide) groups is 1. The lowest BCUT2D eigenvalue weighted by Crippen LogP contribution is -2.40. The first-order valence-electron chi connectivity index (χ1n) is 12.4. The van der Waals surface area contributed by atoms with Gasteiger partial charge in [0.2, 0.25) is 17.6 Å². The lowest BCUT2D eigenvalue weighted by molar-refractivity contribution is -0.121. The zero-order valence-corrected chi connectivity index (χ0v) is 22.3. The minimum Gasteiger partial charge on any atom is -0.338 e. The van der Waals surface area contributed by atoms with Crippen molar-refractivity contribution in [3.63, 3.8) is 0 Å². The Morgan fingerprint density at radius 2 is 2.00 bits per heavy atom. The number of aromatic nitrogens is 2. The third-order valence-corrected chi connectivity index (χ3v) is 7.80. The van der Waals surface area contributed by atoms with Crippen LogP contribution in [0.15, 0.2) is 82.2 Å². The second-order valence-electron chi connectivity index (χ2n) is 9.34. The average molecular weight is 533 g/mol. The topological polar surface area (TPSA) is 71.3 Å². The molecule has 37 heavy (non-hydrogen) atoms. The van der Waals surface area contributed by atoms with E-state index in [2.05, 4.69) is 56.8 Å².